The second-order valence-electron chi connectivity index (χ2n) is 6.30. The molecule has 1 aliphatic heterocycles. The van der Waals surface area contributed by atoms with Crippen molar-refractivity contribution in [2.75, 3.05) is 46.9 Å². The van der Waals surface area contributed by atoms with E-state index in [1.807, 2.05) is 0 Å². The summed E-state index contributed by atoms with van der Waals surface area (Å²) in [4.78, 5) is 32.9. The van der Waals surface area contributed by atoms with Crippen LogP contribution in [0.25, 0.3) is 0 Å². The van der Waals surface area contributed by atoms with Gasteiger partial charge in [0.05, 0.1) is 26.3 Å². The molecule has 7 heteroatoms. The Hall–Kier alpha value is -2.93. The van der Waals surface area contributed by atoms with E-state index >= 15 is 0 Å². The number of carbonyl (C=O) groups is 2. The lowest BCUT2D eigenvalue weighted by molar-refractivity contribution is 0.0624. The van der Waals surface area contributed by atoms with Gasteiger partial charge in [-0.25, -0.2) is 0 Å². The third-order valence-electron chi connectivity index (χ3n) is 4.64. The zero-order valence-electron chi connectivity index (χ0n) is 15.6. The van der Waals surface area contributed by atoms with Gasteiger partial charge in [0.2, 0.25) is 0 Å². The number of amides is 1. The van der Waals surface area contributed by atoms with E-state index in [-0.39, 0.29) is 11.7 Å². The standard InChI is InChI=1S/C20H23N3O4/c1-26-18-6-5-15(12-19(18)27-2)17(24)14-22-8-10-23(11-9-22)20(25)16-4-3-7-21-13-16/h3-7,12-13H,8-11,14H2,1-2H3. The lowest BCUT2D eigenvalue weighted by Crippen LogP contribution is -2.49. The first-order valence-corrected chi connectivity index (χ1v) is 8.79. The molecular weight excluding hydrogens is 346 g/mol. The highest BCUT2D eigenvalue weighted by atomic mass is 16.5. The van der Waals surface area contributed by atoms with Crippen molar-refractivity contribution in [2.24, 2.45) is 0 Å². The molecule has 2 aromatic rings. The van der Waals surface area contributed by atoms with E-state index in [4.69, 9.17) is 9.47 Å². The van der Waals surface area contributed by atoms with Crippen LogP contribution in [0.4, 0.5) is 0 Å². The Labute approximate surface area is 158 Å². The number of aromatic nitrogens is 1. The summed E-state index contributed by atoms with van der Waals surface area (Å²) in [7, 11) is 3.11. The molecule has 1 aliphatic rings. The summed E-state index contributed by atoms with van der Waals surface area (Å²) < 4.78 is 10.5. The van der Waals surface area contributed by atoms with Crippen molar-refractivity contribution in [1.29, 1.82) is 0 Å². The number of methoxy groups -OCH3 is 2. The highest BCUT2D eigenvalue weighted by Crippen LogP contribution is 2.27. The summed E-state index contributed by atoms with van der Waals surface area (Å²) in [5.74, 6) is 1.13. The molecule has 0 bridgehead atoms. The summed E-state index contributed by atoms with van der Waals surface area (Å²) >= 11 is 0. The smallest absolute Gasteiger partial charge is 0.255 e. The van der Waals surface area contributed by atoms with Gasteiger partial charge in [-0.1, -0.05) is 0 Å². The summed E-state index contributed by atoms with van der Waals surface area (Å²) in [6.45, 7) is 2.81. The molecule has 7 nitrogen and oxygen atoms in total. The van der Waals surface area contributed by atoms with Crippen molar-refractivity contribution in [2.45, 2.75) is 0 Å². The van der Waals surface area contributed by atoms with Gasteiger partial charge in [-0.15, -0.1) is 0 Å². The van der Waals surface area contributed by atoms with E-state index in [0.717, 1.165) is 0 Å². The molecule has 1 aromatic heterocycles. The molecule has 0 unspecified atom stereocenters. The molecule has 142 valence electrons. The van der Waals surface area contributed by atoms with E-state index in [9.17, 15) is 9.59 Å². The fraction of sp³-hybridized carbons (Fsp3) is 0.350. The van der Waals surface area contributed by atoms with Crippen molar-refractivity contribution >= 4 is 11.7 Å². The summed E-state index contributed by atoms with van der Waals surface area (Å²) in [5, 5.41) is 0. The zero-order valence-corrected chi connectivity index (χ0v) is 15.6. The number of Topliss-reactive ketones (excluding diaryl/α,β-unsaturated/α-hetero) is 1. The molecule has 3 rings (SSSR count). The minimum absolute atomic E-state index is 0.0167. The Morgan fingerprint density at radius 1 is 1.00 bits per heavy atom. The number of hydrogen-bond donors (Lipinski definition) is 0. The van der Waals surface area contributed by atoms with Crippen LogP contribution in [0, 0.1) is 0 Å². The van der Waals surface area contributed by atoms with E-state index in [0.29, 0.717) is 55.3 Å². The van der Waals surface area contributed by atoms with Gasteiger partial charge in [0.25, 0.3) is 5.91 Å². The first-order chi connectivity index (χ1) is 13.1. The Morgan fingerprint density at radius 3 is 2.37 bits per heavy atom. The zero-order chi connectivity index (χ0) is 19.2. The number of ether oxygens (including phenoxy) is 2. The van der Waals surface area contributed by atoms with Gasteiger partial charge in [0.1, 0.15) is 0 Å². The minimum atomic E-state index is -0.0195. The first kappa shape index (κ1) is 18.8. The molecule has 27 heavy (non-hydrogen) atoms. The molecule has 0 aliphatic carbocycles. The number of carbonyl (C=O) groups excluding carboxylic acids is 2. The predicted octanol–water partition coefficient (Wildman–Crippen LogP) is 1.74. The van der Waals surface area contributed by atoms with Crippen molar-refractivity contribution in [3.63, 3.8) is 0 Å². The van der Waals surface area contributed by atoms with Crippen LogP contribution in [0.1, 0.15) is 20.7 Å². The number of piperazine rings is 1. The molecule has 1 aromatic carbocycles. The van der Waals surface area contributed by atoms with Gasteiger partial charge in [0.15, 0.2) is 17.3 Å². The maximum atomic E-state index is 12.6. The van der Waals surface area contributed by atoms with Gasteiger partial charge in [-0.2, -0.15) is 0 Å². The average Bonchev–Trinajstić information content (AvgIpc) is 2.73. The van der Waals surface area contributed by atoms with Crippen molar-refractivity contribution in [3.05, 3.63) is 53.9 Å². The summed E-state index contributed by atoms with van der Waals surface area (Å²) in [6.07, 6.45) is 3.23. The number of rotatable bonds is 6. The Bertz CT molecular complexity index is 802. The fourth-order valence-electron chi connectivity index (χ4n) is 3.08. The molecule has 0 saturated carbocycles. The molecule has 0 atom stereocenters. The normalized spacial score (nSPS) is 14.7. The van der Waals surface area contributed by atoms with Crippen molar-refractivity contribution < 1.29 is 19.1 Å². The topological polar surface area (TPSA) is 72.0 Å². The highest BCUT2D eigenvalue weighted by molar-refractivity contribution is 5.98. The third-order valence-corrected chi connectivity index (χ3v) is 4.64. The summed E-state index contributed by atoms with van der Waals surface area (Å²) in [5.41, 5.74) is 1.17. The minimum Gasteiger partial charge on any atom is -0.493 e. The van der Waals surface area contributed by atoms with E-state index in [1.165, 1.54) is 0 Å². The largest absolute Gasteiger partial charge is 0.493 e. The van der Waals surface area contributed by atoms with Crippen LogP contribution in [0.5, 0.6) is 11.5 Å². The van der Waals surface area contributed by atoms with Crippen molar-refractivity contribution in [1.82, 2.24) is 14.8 Å². The van der Waals surface area contributed by atoms with Crippen LogP contribution in [0.3, 0.4) is 0 Å². The molecule has 2 heterocycles. The molecule has 0 N–H and O–H groups in total. The van der Waals surface area contributed by atoms with Crippen LogP contribution in [0.2, 0.25) is 0 Å². The molecule has 1 saturated heterocycles. The maximum absolute atomic E-state index is 12.6. The Kier molecular flexibility index (Phi) is 6.03. The number of nitrogens with zero attached hydrogens (tertiary/aromatic N) is 3. The first-order valence-electron chi connectivity index (χ1n) is 8.79. The quantitative estimate of drug-likeness (QED) is 0.723. The van der Waals surface area contributed by atoms with Gasteiger partial charge >= 0.3 is 0 Å². The van der Waals surface area contributed by atoms with E-state index in [1.54, 1.807) is 61.8 Å². The van der Waals surface area contributed by atoms with E-state index in [2.05, 4.69) is 9.88 Å². The van der Waals surface area contributed by atoms with E-state index < -0.39 is 0 Å². The number of ketones is 1. The highest BCUT2D eigenvalue weighted by Gasteiger charge is 2.24. The monoisotopic (exact) mass is 369 g/mol. The van der Waals surface area contributed by atoms with Crippen LogP contribution in [-0.2, 0) is 0 Å². The lowest BCUT2D eigenvalue weighted by Gasteiger charge is -2.34. The predicted molar refractivity (Wildman–Crippen MR) is 100 cm³/mol. The van der Waals surface area contributed by atoms with Crippen LogP contribution >= 0.6 is 0 Å². The Balaban J connectivity index is 1.56. The van der Waals surface area contributed by atoms with Crippen LogP contribution in [0.15, 0.2) is 42.7 Å². The van der Waals surface area contributed by atoms with Crippen LogP contribution in [-0.4, -0.2) is 73.4 Å². The molecule has 1 amide bonds. The van der Waals surface area contributed by atoms with Crippen LogP contribution < -0.4 is 9.47 Å². The average molecular weight is 369 g/mol. The number of benzene rings is 1. The second kappa shape index (κ2) is 8.64. The van der Waals surface area contributed by atoms with Gasteiger partial charge < -0.3 is 14.4 Å². The molecular formula is C20H23N3O4. The molecule has 0 spiro atoms. The van der Waals surface area contributed by atoms with Crippen molar-refractivity contribution in [3.8, 4) is 11.5 Å². The maximum Gasteiger partial charge on any atom is 0.255 e. The summed E-state index contributed by atoms with van der Waals surface area (Å²) in [6, 6.07) is 8.69. The third kappa shape index (κ3) is 4.43. The number of pyridine rings is 1. The Morgan fingerprint density at radius 2 is 1.74 bits per heavy atom. The van der Waals surface area contributed by atoms with Gasteiger partial charge in [-0.05, 0) is 30.3 Å². The van der Waals surface area contributed by atoms with Gasteiger partial charge in [0, 0.05) is 44.1 Å². The number of hydrogen-bond acceptors (Lipinski definition) is 6. The van der Waals surface area contributed by atoms with Gasteiger partial charge in [-0.3, -0.25) is 19.5 Å². The fourth-order valence-corrected chi connectivity index (χ4v) is 3.08. The lowest BCUT2D eigenvalue weighted by atomic mass is 10.1. The second-order valence-corrected chi connectivity index (χ2v) is 6.30. The molecule has 0 radical (unpaired) electrons. The SMILES string of the molecule is COc1ccc(C(=O)CN2CCN(C(=O)c3cccnc3)CC2)cc1OC. The molecule has 1 fully saturated rings.